The van der Waals surface area contributed by atoms with Crippen LogP contribution in [0.4, 0.5) is 0 Å². The number of rotatable bonds is 0. The summed E-state index contributed by atoms with van der Waals surface area (Å²) in [6, 6.07) is 8.02. The van der Waals surface area contributed by atoms with Gasteiger partial charge in [0.25, 0.3) is 0 Å². The Morgan fingerprint density at radius 1 is 1.14 bits per heavy atom. The third-order valence-corrected chi connectivity index (χ3v) is 2.62. The summed E-state index contributed by atoms with van der Waals surface area (Å²) in [4.78, 5) is 8.24. The standard InChI is InChI=1S/C11H9N3/c12-10-8-4-2-1-3-7(8)9-5-13-6-14-11(9)10/h1-6,10H,12H2. The lowest BCUT2D eigenvalue weighted by Gasteiger charge is -2.03. The van der Waals surface area contributed by atoms with E-state index in [1.807, 2.05) is 24.4 Å². The second-order valence-corrected chi connectivity index (χ2v) is 3.39. The number of aromatic nitrogens is 2. The van der Waals surface area contributed by atoms with Gasteiger partial charge in [0.15, 0.2) is 0 Å². The van der Waals surface area contributed by atoms with Crippen molar-refractivity contribution in [2.24, 2.45) is 5.73 Å². The first-order valence-corrected chi connectivity index (χ1v) is 4.52. The highest BCUT2D eigenvalue weighted by Crippen LogP contribution is 2.39. The average molecular weight is 183 g/mol. The van der Waals surface area contributed by atoms with Gasteiger partial charge in [0.05, 0.1) is 11.7 Å². The van der Waals surface area contributed by atoms with E-state index in [-0.39, 0.29) is 6.04 Å². The van der Waals surface area contributed by atoms with Crippen molar-refractivity contribution in [3.63, 3.8) is 0 Å². The molecule has 1 atom stereocenters. The topological polar surface area (TPSA) is 51.8 Å². The molecule has 3 nitrogen and oxygen atoms in total. The predicted molar refractivity (Wildman–Crippen MR) is 53.5 cm³/mol. The molecule has 1 aromatic heterocycles. The molecule has 2 N–H and O–H groups in total. The summed E-state index contributed by atoms with van der Waals surface area (Å²) < 4.78 is 0. The summed E-state index contributed by atoms with van der Waals surface area (Å²) >= 11 is 0. The lowest BCUT2D eigenvalue weighted by atomic mass is 10.1. The Hall–Kier alpha value is -1.74. The lowest BCUT2D eigenvalue weighted by Crippen LogP contribution is -2.09. The van der Waals surface area contributed by atoms with Crippen molar-refractivity contribution in [1.29, 1.82) is 0 Å². The molecule has 0 saturated carbocycles. The highest BCUT2D eigenvalue weighted by Gasteiger charge is 2.26. The van der Waals surface area contributed by atoms with Crippen molar-refractivity contribution >= 4 is 0 Å². The first-order valence-electron chi connectivity index (χ1n) is 4.52. The molecule has 1 aliphatic rings. The first kappa shape index (κ1) is 7.64. The second-order valence-electron chi connectivity index (χ2n) is 3.39. The number of benzene rings is 1. The van der Waals surface area contributed by atoms with Gasteiger partial charge in [-0.15, -0.1) is 0 Å². The van der Waals surface area contributed by atoms with Gasteiger partial charge in [-0.25, -0.2) is 9.97 Å². The van der Waals surface area contributed by atoms with Crippen LogP contribution in [0.15, 0.2) is 36.8 Å². The number of fused-ring (bicyclic) bond motifs is 3. The molecule has 1 unspecified atom stereocenters. The predicted octanol–water partition coefficient (Wildman–Crippen LogP) is 1.51. The number of nitrogens with zero attached hydrogens (tertiary/aromatic N) is 2. The van der Waals surface area contributed by atoms with Crippen LogP contribution < -0.4 is 5.73 Å². The van der Waals surface area contributed by atoms with Crippen molar-refractivity contribution in [3.8, 4) is 11.1 Å². The quantitative estimate of drug-likeness (QED) is 0.673. The van der Waals surface area contributed by atoms with E-state index in [1.165, 1.54) is 0 Å². The normalized spacial score (nSPS) is 17.6. The molecule has 1 aromatic carbocycles. The zero-order valence-corrected chi connectivity index (χ0v) is 7.51. The molecule has 1 aliphatic carbocycles. The van der Waals surface area contributed by atoms with Crippen LogP contribution in [0.25, 0.3) is 11.1 Å². The molecule has 3 rings (SSSR count). The Labute approximate surface area is 81.6 Å². The molecule has 2 aromatic rings. The van der Waals surface area contributed by atoms with E-state index >= 15 is 0 Å². The smallest absolute Gasteiger partial charge is 0.115 e. The average Bonchev–Trinajstić information content (AvgIpc) is 2.55. The molecule has 0 fully saturated rings. The lowest BCUT2D eigenvalue weighted by molar-refractivity contribution is 0.850. The molecule has 0 spiro atoms. The van der Waals surface area contributed by atoms with Crippen molar-refractivity contribution in [2.45, 2.75) is 6.04 Å². The number of hydrogen-bond acceptors (Lipinski definition) is 3. The Morgan fingerprint density at radius 2 is 2.00 bits per heavy atom. The Kier molecular flexibility index (Phi) is 1.43. The van der Waals surface area contributed by atoms with Crippen LogP contribution in [0.5, 0.6) is 0 Å². The molecule has 0 radical (unpaired) electrons. The maximum atomic E-state index is 6.07. The minimum atomic E-state index is -0.0933. The van der Waals surface area contributed by atoms with Crippen LogP contribution in [0.2, 0.25) is 0 Å². The fourth-order valence-electron chi connectivity index (χ4n) is 1.96. The minimum Gasteiger partial charge on any atom is -0.319 e. The van der Waals surface area contributed by atoms with Crippen LogP contribution in [-0.4, -0.2) is 9.97 Å². The summed E-state index contributed by atoms with van der Waals surface area (Å²) in [6.45, 7) is 0. The van der Waals surface area contributed by atoms with Crippen molar-refractivity contribution in [3.05, 3.63) is 48.0 Å². The third kappa shape index (κ3) is 0.845. The van der Waals surface area contributed by atoms with Gasteiger partial charge in [-0.1, -0.05) is 24.3 Å². The van der Waals surface area contributed by atoms with E-state index in [1.54, 1.807) is 6.33 Å². The van der Waals surface area contributed by atoms with Crippen LogP contribution >= 0.6 is 0 Å². The van der Waals surface area contributed by atoms with Gasteiger partial charge in [-0.2, -0.15) is 0 Å². The number of nitrogens with two attached hydrogens (primary N) is 1. The highest BCUT2D eigenvalue weighted by molar-refractivity contribution is 5.76. The fraction of sp³-hybridized carbons (Fsp3) is 0.0909. The van der Waals surface area contributed by atoms with Crippen LogP contribution in [-0.2, 0) is 0 Å². The van der Waals surface area contributed by atoms with Gasteiger partial charge in [0, 0.05) is 11.8 Å². The Balaban J connectivity index is 2.36. The molecule has 0 aliphatic heterocycles. The zero-order chi connectivity index (χ0) is 9.54. The van der Waals surface area contributed by atoms with E-state index in [0.717, 1.165) is 22.4 Å². The van der Waals surface area contributed by atoms with Gasteiger partial charge in [0.2, 0.25) is 0 Å². The summed E-state index contributed by atoms with van der Waals surface area (Å²) in [5.74, 6) is 0. The summed E-state index contributed by atoms with van der Waals surface area (Å²) in [6.07, 6.45) is 3.37. The molecule has 68 valence electrons. The van der Waals surface area contributed by atoms with Crippen molar-refractivity contribution < 1.29 is 0 Å². The van der Waals surface area contributed by atoms with Crippen LogP contribution in [0, 0.1) is 0 Å². The first-order chi connectivity index (χ1) is 6.88. The maximum absolute atomic E-state index is 6.07. The molecule has 14 heavy (non-hydrogen) atoms. The minimum absolute atomic E-state index is 0.0933. The summed E-state index contributed by atoms with van der Waals surface area (Å²) in [7, 11) is 0. The zero-order valence-electron chi connectivity index (χ0n) is 7.51. The van der Waals surface area contributed by atoms with E-state index in [4.69, 9.17) is 5.73 Å². The SMILES string of the molecule is NC1c2ccccc2-c2cncnc21. The Bertz CT molecular complexity index is 448. The summed E-state index contributed by atoms with van der Waals surface area (Å²) in [5.41, 5.74) is 10.4. The molecule has 0 bridgehead atoms. The van der Waals surface area contributed by atoms with Crippen LogP contribution in [0.3, 0.4) is 0 Å². The monoisotopic (exact) mass is 183 g/mol. The number of hydrogen-bond donors (Lipinski definition) is 1. The molecule has 3 heteroatoms. The molecule has 0 amide bonds. The van der Waals surface area contributed by atoms with Crippen LogP contribution in [0.1, 0.15) is 17.3 Å². The van der Waals surface area contributed by atoms with Gasteiger partial charge < -0.3 is 5.73 Å². The third-order valence-electron chi connectivity index (χ3n) is 2.62. The highest BCUT2D eigenvalue weighted by atomic mass is 14.9. The van der Waals surface area contributed by atoms with Crippen molar-refractivity contribution in [2.75, 3.05) is 0 Å². The van der Waals surface area contributed by atoms with Gasteiger partial charge in [0.1, 0.15) is 6.33 Å². The molecule has 1 heterocycles. The van der Waals surface area contributed by atoms with E-state index in [2.05, 4.69) is 16.0 Å². The summed E-state index contributed by atoms with van der Waals surface area (Å²) in [5, 5.41) is 0. The molecular formula is C11H9N3. The fourth-order valence-corrected chi connectivity index (χ4v) is 1.96. The molecular weight excluding hydrogens is 174 g/mol. The van der Waals surface area contributed by atoms with Gasteiger partial charge >= 0.3 is 0 Å². The maximum Gasteiger partial charge on any atom is 0.115 e. The van der Waals surface area contributed by atoms with E-state index < -0.39 is 0 Å². The second kappa shape index (κ2) is 2.62. The Morgan fingerprint density at radius 3 is 2.93 bits per heavy atom. The van der Waals surface area contributed by atoms with E-state index in [0.29, 0.717) is 0 Å². The van der Waals surface area contributed by atoms with E-state index in [9.17, 15) is 0 Å². The molecule has 0 saturated heterocycles. The van der Waals surface area contributed by atoms with Crippen molar-refractivity contribution in [1.82, 2.24) is 9.97 Å². The largest absolute Gasteiger partial charge is 0.319 e. The van der Waals surface area contributed by atoms with Gasteiger partial charge in [-0.3, -0.25) is 0 Å². The van der Waals surface area contributed by atoms with Gasteiger partial charge in [-0.05, 0) is 11.1 Å².